The second-order valence-electron chi connectivity index (χ2n) is 4.99. The number of halogens is 1. The minimum atomic E-state index is -0.307. The summed E-state index contributed by atoms with van der Waals surface area (Å²) in [5.41, 5.74) is 1.19. The number of aliphatic hydroxyl groups excluding tert-OH is 1. The Bertz CT molecular complexity index is 390. The van der Waals surface area contributed by atoms with Crippen LogP contribution in [-0.4, -0.2) is 17.3 Å². The summed E-state index contributed by atoms with van der Waals surface area (Å²) >= 11 is 3.48. The summed E-state index contributed by atoms with van der Waals surface area (Å²) < 4.78 is 7.03. The van der Waals surface area contributed by atoms with Crippen molar-refractivity contribution < 1.29 is 9.84 Å². The SMILES string of the molecule is CC(C)c1cc(Br)ccc1O[C@@H]1CCC[C@H]1O. The normalized spacial score (nSPS) is 24.3. The Balaban J connectivity index is 2.19. The van der Waals surface area contributed by atoms with E-state index in [0.717, 1.165) is 29.5 Å². The highest BCUT2D eigenvalue weighted by Crippen LogP contribution is 2.32. The zero-order valence-corrected chi connectivity index (χ0v) is 11.9. The second-order valence-corrected chi connectivity index (χ2v) is 5.91. The Morgan fingerprint density at radius 2 is 2.12 bits per heavy atom. The summed E-state index contributed by atoms with van der Waals surface area (Å²) in [7, 11) is 0. The van der Waals surface area contributed by atoms with Crippen LogP contribution in [0.3, 0.4) is 0 Å². The Morgan fingerprint density at radius 1 is 1.35 bits per heavy atom. The van der Waals surface area contributed by atoms with Crippen LogP contribution in [0.2, 0.25) is 0 Å². The molecule has 0 unspecified atom stereocenters. The first-order chi connectivity index (χ1) is 8.08. The van der Waals surface area contributed by atoms with Crippen LogP contribution >= 0.6 is 15.9 Å². The lowest BCUT2D eigenvalue weighted by Crippen LogP contribution is -2.26. The molecule has 94 valence electrons. The molecule has 0 heterocycles. The van der Waals surface area contributed by atoms with Crippen molar-refractivity contribution in [3.8, 4) is 5.75 Å². The fourth-order valence-corrected chi connectivity index (χ4v) is 2.66. The van der Waals surface area contributed by atoms with Crippen molar-refractivity contribution in [2.45, 2.75) is 51.2 Å². The van der Waals surface area contributed by atoms with Crippen molar-refractivity contribution in [3.05, 3.63) is 28.2 Å². The topological polar surface area (TPSA) is 29.5 Å². The van der Waals surface area contributed by atoms with Crippen LogP contribution in [0.5, 0.6) is 5.75 Å². The molecule has 0 amide bonds. The molecule has 17 heavy (non-hydrogen) atoms. The number of rotatable bonds is 3. The lowest BCUT2D eigenvalue weighted by atomic mass is 10.0. The molecule has 1 N–H and O–H groups in total. The molecule has 1 aromatic rings. The molecule has 3 heteroatoms. The Morgan fingerprint density at radius 3 is 2.71 bits per heavy atom. The molecule has 1 saturated carbocycles. The van der Waals surface area contributed by atoms with E-state index in [9.17, 15) is 5.11 Å². The second kappa shape index (κ2) is 5.40. The maximum Gasteiger partial charge on any atom is 0.124 e. The van der Waals surface area contributed by atoms with Gasteiger partial charge < -0.3 is 9.84 Å². The minimum Gasteiger partial charge on any atom is -0.487 e. The van der Waals surface area contributed by atoms with Gasteiger partial charge in [-0.3, -0.25) is 0 Å². The molecule has 2 nitrogen and oxygen atoms in total. The van der Waals surface area contributed by atoms with Gasteiger partial charge in [0, 0.05) is 4.47 Å². The van der Waals surface area contributed by atoms with Crippen LogP contribution in [0.15, 0.2) is 22.7 Å². The Hall–Kier alpha value is -0.540. The lowest BCUT2D eigenvalue weighted by Gasteiger charge is -2.21. The summed E-state index contributed by atoms with van der Waals surface area (Å²) in [6.45, 7) is 4.30. The van der Waals surface area contributed by atoms with Crippen molar-refractivity contribution in [1.82, 2.24) is 0 Å². The summed E-state index contributed by atoms with van der Waals surface area (Å²) in [4.78, 5) is 0. The van der Waals surface area contributed by atoms with Crippen LogP contribution < -0.4 is 4.74 Å². The van der Waals surface area contributed by atoms with Crippen molar-refractivity contribution in [2.24, 2.45) is 0 Å². The van der Waals surface area contributed by atoms with Crippen LogP contribution in [0.1, 0.15) is 44.6 Å². The van der Waals surface area contributed by atoms with Crippen LogP contribution in [0, 0.1) is 0 Å². The molecule has 0 spiro atoms. The van der Waals surface area contributed by atoms with E-state index in [-0.39, 0.29) is 12.2 Å². The van der Waals surface area contributed by atoms with Crippen LogP contribution in [0.4, 0.5) is 0 Å². The van der Waals surface area contributed by atoms with Gasteiger partial charge in [-0.1, -0.05) is 29.8 Å². The number of benzene rings is 1. The third kappa shape index (κ3) is 3.02. The average molecular weight is 299 g/mol. The first-order valence-electron chi connectivity index (χ1n) is 6.22. The van der Waals surface area contributed by atoms with Gasteiger partial charge in [0.05, 0.1) is 6.10 Å². The molecule has 0 aromatic heterocycles. The highest BCUT2D eigenvalue weighted by atomic mass is 79.9. The highest BCUT2D eigenvalue weighted by Gasteiger charge is 2.27. The van der Waals surface area contributed by atoms with Gasteiger partial charge in [-0.05, 0) is 48.9 Å². The van der Waals surface area contributed by atoms with E-state index in [1.54, 1.807) is 0 Å². The van der Waals surface area contributed by atoms with Gasteiger partial charge in [0.15, 0.2) is 0 Å². The number of hydrogen-bond acceptors (Lipinski definition) is 2. The Kier molecular flexibility index (Phi) is 4.10. The number of ether oxygens (including phenoxy) is 1. The predicted molar refractivity (Wildman–Crippen MR) is 72.5 cm³/mol. The predicted octanol–water partition coefficient (Wildman–Crippen LogP) is 3.86. The minimum absolute atomic E-state index is 0.0336. The van der Waals surface area contributed by atoms with Crippen molar-refractivity contribution in [3.63, 3.8) is 0 Å². The molecular formula is C14H19BrO2. The first-order valence-corrected chi connectivity index (χ1v) is 7.01. The molecular weight excluding hydrogens is 280 g/mol. The molecule has 1 fully saturated rings. The van der Waals surface area contributed by atoms with E-state index in [2.05, 4.69) is 35.8 Å². The van der Waals surface area contributed by atoms with Gasteiger partial charge in [0.25, 0.3) is 0 Å². The number of aliphatic hydroxyl groups is 1. The van der Waals surface area contributed by atoms with Gasteiger partial charge in [0.2, 0.25) is 0 Å². The zero-order chi connectivity index (χ0) is 12.4. The van der Waals surface area contributed by atoms with E-state index in [1.165, 1.54) is 5.56 Å². The van der Waals surface area contributed by atoms with Gasteiger partial charge in [0.1, 0.15) is 11.9 Å². The molecule has 0 radical (unpaired) electrons. The van der Waals surface area contributed by atoms with E-state index in [1.807, 2.05) is 12.1 Å². The van der Waals surface area contributed by atoms with Crippen LogP contribution in [0.25, 0.3) is 0 Å². The summed E-state index contributed by atoms with van der Waals surface area (Å²) in [5.74, 6) is 1.33. The highest BCUT2D eigenvalue weighted by molar-refractivity contribution is 9.10. The van der Waals surface area contributed by atoms with Crippen molar-refractivity contribution >= 4 is 15.9 Å². The van der Waals surface area contributed by atoms with E-state index in [0.29, 0.717) is 5.92 Å². The average Bonchev–Trinajstić information content (AvgIpc) is 2.67. The van der Waals surface area contributed by atoms with Crippen molar-refractivity contribution in [1.29, 1.82) is 0 Å². The third-order valence-corrected chi connectivity index (χ3v) is 3.78. The van der Waals surface area contributed by atoms with Crippen molar-refractivity contribution in [2.75, 3.05) is 0 Å². The maximum absolute atomic E-state index is 9.80. The quantitative estimate of drug-likeness (QED) is 0.918. The third-order valence-electron chi connectivity index (χ3n) is 3.29. The smallest absolute Gasteiger partial charge is 0.124 e. The fourth-order valence-electron chi connectivity index (χ4n) is 2.28. The lowest BCUT2D eigenvalue weighted by molar-refractivity contribution is 0.0596. The zero-order valence-electron chi connectivity index (χ0n) is 10.3. The van der Waals surface area contributed by atoms with E-state index < -0.39 is 0 Å². The number of hydrogen-bond donors (Lipinski definition) is 1. The van der Waals surface area contributed by atoms with Crippen LogP contribution in [-0.2, 0) is 0 Å². The molecule has 2 rings (SSSR count). The van der Waals surface area contributed by atoms with E-state index in [4.69, 9.17) is 4.74 Å². The van der Waals surface area contributed by atoms with Gasteiger partial charge in [-0.2, -0.15) is 0 Å². The summed E-state index contributed by atoms with van der Waals surface area (Å²) in [6.07, 6.45) is 2.53. The van der Waals surface area contributed by atoms with Gasteiger partial charge in [-0.25, -0.2) is 0 Å². The fraction of sp³-hybridized carbons (Fsp3) is 0.571. The summed E-state index contributed by atoms with van der Waals surface area (Å²) in [5, 5.41) is 9.80. The maximum atomic E-state index is 9.80. The largest absolute Gasteiger partial charge is 0.487 e. The van der Waals surface area contributed by atoms with Gasteiger partial charge in [-0.15, -0.1) is 0 Å². The monoisotopic (exact) mass is 298 g/mol. The van der Waals surface area contributed by atoms with E-state index >= 15 is 0 Å². The Labute approximate surface area is 111 Å². The molecule has 0 saturated heterocycles. The molecule has 1 aliphatic rings. The molecule has 1 aromatic carbocycles. The van der Waals surface area contributed by atoms with Gasteiger partial charge >= 0.3 is 0 Å². The molecule has 0 aliphatic heterocycles. The molecule has 2 atom stereocenters. The molecule has 0 bridgehead atoms. The summed E-state index contributed by atoms with van der Waals surface area (Å²) in [6, 6.07) is 6.08. The standard InChI is InChI=1S/C14H19BrO2/c1-9(2)11-8-10(15)6-7-13(11)17-14-5-3-4-12(14)16/h6-9,12,14,16H,3-5H2,1-2H3/t12-,14-/m1/s1. The molecule has 1 aliphatic carbocycles. The first kappa shape index (κ1) is 12.9.